The monoisotopic (exact) mass is 257 g/mol. The Balaban J connectivity index is 2.47. The highest BCUT2D eigenvalue weighted by molar-refractivity contribution is 9.10. The number of hydrogen-bond acceptors (Lipinski definition) is 1. The van der Waals surface area contributed by atoms with Crippen molar-refractivity contribution >= 4 is 15.9 Å². The molecule has 0 aliphatic heterocycles. The van der Waals surface area contributed by atoms with E-state index >= 15 is 0 Å². The van der Waals surface area contributed by atoms with Gasteiger partial charge in [-0.15, -0.1) is 0 Å². The molecule has 0 bridgehead atoms. The second-order valence-corrected chi connectivity index (χ2v) is 4.84. The summed E-state index contributed by atoms with van der Waals surface area (Å²) in [6.07, 6.45) is 2.12. The van der Waals surface area contributed by atoms with E-state index in [0.717, 1.165) is 18.4 Å². The Labute approximate surface area is 91.6 Å². The molecule has 76 valence electrons. The molecule has 0 amide bonds. The van der Waals surface area contributed by atoms with E-state index < -0.39 is 0 Å². The maximum atomic E-state index is 13.3. The van der Waals surface area contributed by atoms with Crippen LogP contribution in [0.1, 0.15) is 25.3 Å². The molecule has 0 aromatic heterocycles. The van der Waals surface area contributed by atoms with Gasteiger partial charge in [-0.25, -0.2) is 4.39 Å². The SMILES string of the molecule is CC(N)C1(c2cccc(F)c2Br)CC1. The predicted molar refractivity (Wildman–Crippen MR) is 58.7 cm³/mol. The third-order valence-corrected chi connectivity index (χ3v) is 3.95. The Hall–Kier alpha value is -0.410. The van der Waals surface area contributed by atoms with Gasteiger partial charge in [0.15, 0.2) is 0 Å². The second kappa shape index (κ2) is 3.31. The van der Waals surface area contributed by atoms with Crippen molar-refractivity contribution in [2.24, 2.45) is 5.73 Å². The van der Waals surface area contributed by atoms with E-state index in [9.17, 15) is 4.39 Å². The first kappa shape index (κ1) is 10.1. The summed E-state index contributed by atoms with van der Waals surface area (Å²) in [5, 5.41) is 0. The van der Waals surface area contributed by atoms with Gasteiger partial charge in [0.25, 0.3) is 0 Å². The van der Waals surface area contributed by atoms with Gasteiger partial charge in [-0.1, -0.05) is 12.1 Å². The van der Waals surface area contributed by atoms with E-state index in [1.54, 1.807) is 6.07 Å². The van der Waals surface area contributed by atoms with Crippen molar-refractivity contribution in [3.63, 3.8) is 0 Å². The third-order valence-electron chi connectivity index (χ3n) is 3.15. The molecule has 1 aromatic rings. The van der Waals surface area contributed by atoms with Crippen molar-refractivity contribution in [2.45, 2.75) is 31.2 Å². The molecule has 1 aliphatic carbocycles. The van der Waals surface area contributed by atoms with Crippen LogP contribution in [-0.4, -0.2) is 6.04 Å². The topological polar surface area (TPSA) is 26.0 Å². The summed E-state index contributed by atoms with van der Waals surface area (Å²) in [5.74, 6) is -0.200. The number of benzene rings is 1. The third kappa shape index (κ3) is 1.39. The van der Waals surface area contributed by atoms with Gasteiger partial charge in [0.2, 0.25) is 0 Å². The molecule has 1 aromatic carbocycles. The van der Waals surface area contributed by atoms with Crippen LogP contribution >= 0.6 is 15.9 Å². The lowest BCUT2D eigenvalue weighted by molar-refractivity contribution is 0.544. The van der Waals surface area contributed by atoms with Gasteiger partial charge in [0, 0.05) is 11.5 Å². The zero-order chi connectivity index (χ0) is 10.3. The minimum atomic E-state index is -0.200. The van der Waals surface area contributed by atoms with Gasteiger partial charge in [-0.05, 0) is 47.3 Å². The van der Waals surface area contributed by atoms with E-state index in [4.69, 9.17) is 5.73 Å². The summed E-state index contributed by atoms with van der Waals surface area (Å²) in [6, 6.07) is 5.26. The highest BCUT2D eigenvalue weighted by atomic mass is 79.9. The van der Waals surface area contributed by atoms with E-state index in [1.165, 1.54) is 6.07 Å². The first-order chi connectivity index (χ1) is 6.58. The van der Waals surface area contributed by atoms with Crippen LogP contribution in [0.3, 0.4) is 0 Å². The van der Waals surface area contributed by atoms with Crippen LogP contribution in [0, 0.1) is 5.82 Å². The molecule has 14 heavy (non-hydrogen) atoms. The zero-order valence-electron chi connectivity index (χ0n) is 8.06. The molecule has 0 heterocycles. The lowest BCUT2D eigenvalue weighted by atomic mass is 9.89. The van der Waals surface area contributed by atoms with Crippen LogP contribution in [0.15, 0.2) is 22.7 Å². The molecule has 0 spiro atoms. The normalized spacial score (nSPS) is 20.6. The van der Waals surface area contributed by atoms with Gasteiger partial charge in [0.05, 0.1) is 4.47 Å². The average molecular weight is 258 g/mol. The molecule has 2 rings (SSSR count). The quantitative estimate of drug-likeness (QED) is 0.867. The molecular weight excluding hydrogens is 245 g/mol. The summed E-state index contributed by atoms with van der Waals surface area (Å²) >= 11 is 3.29. The van der Waals surface area contributed by atoms with Crippen LogP contribution in [0.5, 0.6) is 0 Å². The Morgan fingerprint density at radius 3 is 2.64 bits per heavy atom. The highest BCUT2D eigenvalue weighted by Crippen LogP contribution is 2.52. The predicted octanol–water partition coefficient (Wildman–Crippen LogP) is 2.97. The van der Waals surface area contributed by atoms with Crippen molar-refractivity contribution in [2.75, 3.05) is 0 Å². The molecule has 1 unspecified atom stereocenters. The Bertz CT molecular complexity index is 358. The summed E-state index contributed by atoms with van der Waals surface area (Å²) in [5.41, 5.74) is 6.98. The van der Waals surface area contributed by atoms with Gasteiger partial charge in [-0.3, -0.25) is 0 Å². The van der Waals surface area contributed by atoms with Crippen molar-refractivity contribution in [1.29, 1.82) is 0 Å². The molecule has 2 N–H and O–H groups in total. The smallest absolute Gasteiger partial charge is 0.137 e. The highest BCUT2D eigenvalue weighted by Gasteiger charge is 2.48. The first-order valence-corrected chi connectivity index (χ1v) is 5.57. The van der Waals surface area contributed by atoms with Gasteiger partial charge in [-0.2, -0.15) is 0 Å². The zero-order valence-corrected chi connectivity index (χ0v) is 9.64. The van der Waals surface area contributed by atoms with Gasteiger partial charge < -0.3 is 5.73 Å². The van der Waals surface area contributed by atoms with Crippen LogP contribution in [0.4, 0.5) is 4.39 Å². The van der Waals surface area contributed by atoms with Crippen LogP contribution in [0.2, 0.25) is 0 Å². The summed E-state index contributed by atoms with van der Waals surface area (Å²) < 4.78 is 13.9. The Kier molecular flexibility index (Phi) is 2.40. The number of hydrogen-bond donors (Lipinski definition) is 1. The van der Waals surface area contributed by atoms with E-state index in [-0.39, 0.29) is 17.3 Å². The van der Waals surface area contributed by atoms with E-state index in [0.29, 0.717) is 4.47 Å². The van der Waals surface area contributed by atoms with Crippen LogP contribution < -0.4 is 5.73 Å². The average Bonchev–Trinajstić information content (AvgIpc) is 2.90. The minimum absolute atomic E-state index is 0.0148. The Morgan fingerprint density at radius 1 is 1.50 bits per heavy atom. The maximum Gasteiger partial charge on any atom is 0.137 e. The van der Waals surface area contributed by atoms with Gasteiger partial charge in [0.1, 0.15) is 5.82 Å². The van der Waals surface area contributed by atoms with Crippen LogP contribution in [0.25, 0.3) is 0 Å². The summed E-state index contributed by atoms with van der Waals surface area (Å²) in [4.78, 5) is 0. The molecule has 0 radical (unpaired) electrons. The van der Waals surface area contributed by atoms with E-state index in [2.05, 4.69) is 15.9 Å². The van der Waals surface area contributed by atoms with Gasteiger partial charge >= 0.3 is 0 Å². The van der Waals surface area contributed by atoms with E-state index in [1.807, 2.05) is 13.0 Å². The lowest BCUT2D eigenvalue weighted by Gasteiger charge is -2.21. The lowest BCUT2D eigenvalue weighted by Crippen LogP contribution is -2.31. The molecule has 1 fully saturated rings. The second-order valence-electron chi connectivity index (χ2n) is 4.05. The largest absolute Gasteiger partial charge is 0.327 e. The van der Waals surface area contributed by atoms with Crippen molar-refractivity contribution in [1.82, 2.24) is 0 Å². The van der Waals surface area contributed by atoms with Crippen molar-refractivity contribution in [3.8, 4) is 0 Å². The Morgan fingerprint density at radius 2 is 2.14 bits per heavy atom. The van der Waals surface area contributed by atoms with Crippen LogP contribution in [-0.2, 0) is 5.41 Å². The molecule has 1 atom stereocenters. The fourth-order valence-electron chi connectivity index (χ4n) is 1.99. The summed E-state index contributed by atoms with van der Waals surface area (Å²) in [6.45, 7) is 1.99. The minimum Gasteiger partial charge on any atom is -0.327 e. The van der Waals surface area contributed by atoms with Crippen molar-refractivity contribution in [3.05, 3.63) is 34.1 Å². The molecule has 1 saturated carbocycles. The number of rotatable bonds is 2. The molecule has 0 saturated heterocycles. The summed E-state index contributed by atoms with van der Waals surface area (Å²) in [7, 11) is 0. The standard InChI is InChI=1S/C11H13BrFN/c1-7(14)11(5-6-11)8-3-2-4-9(13)10(8)12/h2-4,7H,5-6,14H2,1H3. The number of nitrogens with two attached hydrogens (primary N) is 1. The fraction of sp³-hybridized carbons (Fsp3) is 0.455. The molecule has 1 nitrogen and oxygen atoms in total. The first-order valence-electron chi connectivity index (χ1n) is 4.78. The maximum absolute atomic E-state index is 13.3. The number of halogens is 2. The molecule has 1 aliphatic rings. The molecular formula is C11H13BrFN. The fourth-order valence-corrected chi connectivity index (χ4v) is 2.65. The molecule has 3 heteroatoms. The van der Waals surface area contributed by atoms with Crippen molar-refractivity contribution < 1.29 is 4.39 Å².